The number of rotatable bonds is 2. The third-order valence-electron chi connectivity index (χ3n) is 2.27. The molecule has 1 aliphatic heterocycles. The summed E-state index contributed by atoms with van der Waals surface area (Å²) in [6.45, 7) is 4.82. The van der Waals surface area contributed by atoms with Crippen molar-refractivity contribution in [2.75, 3.05) is 0 Å². The number of ether oxygens (including phenoxy) is 1. The fourth-order valence-electron chi connectivity index (χ4n) is 1.51. The molecule has 1 aromatic heterocycles. The summed E-state index contributed by atoms with van der Waals surface area (Å²) in [5.41, 5.74) is 0. The van der Waals surface area contributed by atoms with E-state index in [0.717, 1.165) is 25.2 Å². The van der Waals surface area contributed by atoms with Gasteiger partial charge in [-0.15, -0.1) is 10.2 Å². The third-order valence-corrected chi connectivity index (χ3v) is 2.27. The smallest absolute Gasteiger partial charge is 0.203 e. The van der Waals surface area contributed by atoms with Crippen LogP contribution in [0.15, 0.2) is 0 Å². The van der Waals surface area contributed by atoms with Crippen LogP contribution in [0.25, 0.3) is 0 Å². The predicted octanol–water partition coefficient (Wildman–Crippen LogP) is 0.933. The van der Waals surface area contributed by atoms with Crippen molar-refractivity contribution >= 4 is 0 Å². The Morgan fingerprint density at radius 3 is 2.92 bits per heavy atom. The molecule has 5 heteroatoms. The molecule has 0 N–H and O–H groups in total. The van der Waals surface area contributed by atoms with Crippen molar-refractivity contribution in [3.05, 3.63) is 5.82 Å². The molecule has 0 spiro atoms. The molecule has 0 amide bonds. The van der Waals surface area contributed by atoms with Crippen molar-refractivity contribution in [3.8, 4) is 0 Å². The van der Waals surface area contributed by atoms with Gasteiger partial charge in [-0.1, -0.05) is 0 Å². The minimum Gasteiger partial charge on any atom is -0.367 e. The van der Waals surface area contributed by atoms with E-state index in [0.29, 0.717) is 6.10 Å². The van der Waals surface area contributed by atoms with Gasteiger partial charge in [0.1, 0.15) is 6.10 Å². The summed E-state index contributed by atoms with van der Waals surface area (Å²) in [6, 6.07) is 0. The van der Waals surface area contributed by atoms with Crippen LogP contribution in [0.5, 0.6) is 0 Å². The Hall–Kier alpha value is -0.970. The highest BCUT2D eigenvalue weighted by Crippen LogP contribution is 2.29. The normalized spacial score (nSPS) is 28.2. The summed E-state index contributed by atoms with van der Waals surface area (Å²) in [7, 11) is 0. The van der Waals surface area contributed by atoms with Crippen LogP contribution in [0.2, 0.25) is 0 Å². The molecule has 1 aliphatic rings. The number of hydrogen-bond acceptors (Lipinski definition) is 4. The highest BCUT2D eigenvalue weighted by atomic mass is 16.5. The van der Waals surface area contributed by atoms with E-state index in [2.05, 4.69) is 22.3 Å². The van der Waals surface area contributed by atoms with Crippen LogP contribution in [0, 0.1) is 0 Å². The molecule has 0 bridgehead atoms. The van der Waals surface area contributed by atoms with E-state index < -0.39 is 0 Å². The van der Waals surface area contributed by atoms with Gasteiger partial charge >= 0.3 is 0 Å². The SMILES string of the molecule is CCn1nnc(C2CCC(C)O2)n1. The summed E-state index contributed by atoms with van der Waals surface area (Å²) < 4.78 is 5.63. The lowest BCUT2D eigenvalue weighted by molar-refractivity contribution is 0.0501. The van der Waals surface area contributed by atoms with E-state index >= 15 is 0 Å². The van der Waals surface area contributed by atoms with Crippen LogP contribution in [0.3, 0.4) is 0 Å². The molecule has 1 aromatic rings. The van der Waals surface area contributed by atoms with Gasteiger partial charge in [0.2, 0.25) is 5.82 Å². The molecule has 2 unspecified atom stereocenters. The average molecular weight is 182 g/mol. The largest absolute Gasteiger partial charge is 0.367 e. The van der Waals surface area contributed by atoms with Crippen molar-refractivity contribution in [3.63, 3.8) is 0 Å². The summed E-state index contributed by atoms with van der Waals surface area (Å²) >= 11 is 0. The molecule has 2 rings (SSSR count). The minimum atomic E-state index is 0.0651. The van der Waals surface area contributed by atoms with Crippen LogP contribution in [-0.2, 0) is 11.3 Å². The standard InChI is InChI=1S/C8H14N4O/c1-3-12-10-8(9-11-12)7-5-4-6(2)13-7/h6-7H,3-5H2,1-2H3. The predicted molar refractivity (Wildman–Crippen MR) is 46.0 cm³/mol. The first-order chi connectivity index (χ1) is 6.29. The first kappa shape index (κ1) is 8.62. The van der Waals surface area contributed by atoms with Crippen molar-refractivity contribution < 1.29 is 4.74 Å². The molecule has 0 aromatic carbocycles. The number of aromatic nitrogens is 4. The molecule has 5 nitrogen and oxygen atoms in total. The second-order valence-electron chi connectivity index (χ2n) is 3.35. The Balaban J connectivity index is 2.08. The lowest BCUT2D eigenvalue weighted by atomic mass is 10.2. The molecule has 0 aliphatic carbocycles. The summed E-state index contributed by atoms with van der Waals surface area (Å²) in [4.78, 5) is 1.58. The maximum absolute atomic E-state index is 5.63. The lowest BCUT2D eigenvalue weighted by Gasteiger charge is -2.04. The Bertz CT molecular complexity index is 285. The number of hydrogen-bond donors (Lipinski definition) is 0. The van der Waals surface area contributed by atoms with Crippen molar-refractivity contribution in [2.45, 2.75) is 45.4 Å². The van der Waals surface area contributed by atoms with Gasteiger partial charge in [0.05, 0.1) is 12.6 Å². The number of tetrazole rings is 1. The van der Waals surface area contributed by atoms with Crippen LogP contribution in [0.4, 0.5) is 0 Å². The van der Waals surface area contributed by atoms with Gasteiger partial charge in [0.25, 0.3) is 0 Å². The fraction of sp³-hybridized carbons (Fsp3) is 0.875. The molecular weight excluding hydrogens is 168 g/mol. The first-order valence-corrected chi connectivity index (χ1v) is 4.72. The lowest BCUT2D eigenvalue weighted by Crippen LogP contribution is -2.04. The second kappa shape index (κ2) is 3.41. The van der Waals surface area contributed by atoms with Gasteiger partial charge in [0, 0.05) is 0 Å². The van der Waals surface area contributed by atoms with Gasteiger partial charge in [-0.05, 0) is 31.9 Å². The Morgan fingerprint density at radius 1 is 1.54 bits per heavy atom. The minimum absolute atomic E-state index is 0.0651. The van der Waals surface area contributed by atoms with Gasteiger partial charge in [-0.2, -0.15) is 4.80 Å². The molecule has 2 atom stereocenters. The summed E-state index contributed by atoms with van der Waals surface area (Å²) in [6.07, 6.45) is 2.50. The Kier molecular flexibility index (Phi) is 2.26. The maximum atomic E-state index is 5.63. The summed E-state index contributed by atoms with van der Waals surface area (Å²) in [5, 5.41) is 12.1. The summed E-state index contributed by atoms with van der Waals surface area (Å²) in [5.74, 6) is 0.728. The van der Waals surface area contributed by atoms with E-state index in [1.807, 2.05) is 6.92 Å². The van der Waals surface area contributed by atoms with Crippen molar-refractivity contribution in [2.24, 2.45) is 0 Å². The van der Waals surface area contributed by atoms with Crippen LogP contribution in [0.1, 0.15) is 38.6 Å². The van der Waals surface area contributed by atoms with E-state index in [1.165, 1.54) is 0 Å². The molecule has 72 valence electrons. The number of aryl methyl sites for hydroxylation is 1. The highest BCUT2D eigenvalue weighted by molar-refractivity contribution is 4.89. The van der Waals surface area contributed by atoms with E-state index in [1.54, 1.807) is 4.80 Å². The van der Waals surface area contributed by atoms with Gasteiger partial charge < -0.3 is 4.74 Å². The number of nitrogens with zero attached hydrogens (tertiary/aromatic N) is 4. The fourth-order valence-corrected chi connectivity index (χ4v) is 1.51. The monoisotopic (exact) mass is 182 g/mol. The molecule has 2 heterocycles. The van der Waals surface area contributed by atoms with Gasteiger partial charge in [0.15, 0.2) is 0 Å². The second-order valence-corrected chi connectivity index (χ2v) is 3.35. The zero-order chi connectivity index (χ0) is 9.26. The van der Waals surface area contributed by atoms with Crippen LogP contribution in [-0.4, -0.2) is 26.3 Å². The molecule has 0 radical (unpaired) electrons. The molecule has 1 fully saturated rings. The Labute approximate surface area is 77.1 Å². The third kappa shape index (κ3) is 1.70. The molecule has 0 saturated carbocycles. The van der Waals surface area contributed by atoms with Crippen molar-refractivity contribution in [1.29, 1.82) is 0 Å². The molecular formula is C8H14N4O. The molecule has 1 saturated heterocycles. The zero-order valence-corrected chi connectivity index (χ0v) is 7.97. The van der Waals surface area contributed by atoms with Crippen molar-refractivity contribution in [1.82, 2.24) is 20.2 Å². The van der Waals surface area contributed by atoms with E-state index in [4.69, 9.17) is 4.74 Å². The van der Waals surface area contributed by atoms with Gasteiger partial charge in [-0.25, -0.2) is 0 Å². The van der Waals surface area contributed by atoms with Crippen LogP contribution >= 0.6 is 0 Å². The maximum Gasteiger partial charge on any atom is 0.203 e. The van der Waals surface area contributed by atoms with Gasteiger partial charge in [-0.3, -0.25) is 0 Å². The molecule has 13 heavy (non-hydrogen) atoms. The average Bonchev–Trinajstić information content (AvgIpc) is 2.71. The topological polar surface area (TPSA) is 52.8 Å². The zero-order valence-electron chi connectivity index (χ0n) is 7.97. The quantitative estimate of drug-likeness (QED) is 0.682. The van der Waals surface area contributed by atoms with E-state index in [-0.39, 0.29) is 6.10 Å². The van der Waals surface area contributed by atoms with Crippen LogP contribution < -0.4 is 0 Å². The van der Waals surface area contributed by atoms with E-state index in [9.17, 15) is 0 Å². The Morgan fingerprint density at radius 2 is 2.38 bits per heavy atom. The highest BCUT2D eigenvalue weighted by Gasteiger charge is 2.26. The first-order valence-electron chi connectivity index (χ1n) is 4.72.